The van der Waals surface area contributed by atoms with Gasteiger partial charge in [-0.15, -0.1) is 0 Å². The van der Waals surface area contributed by atoms with E-state index in [1.54, 1.807) is 7.11 Å². The summed E-state index contributed by atoms with van der Waals surface area (Å²) in [6.07, 6.45) is 0. The van der Waals surface area contributed by atoms with Gasteiger partial charge in [0, 0.05) is 16.5 Å². The number of aromatic nitrogens is 1. The van der Waals surface area contributed by atoms with Crippen molar-refractivity contribution in [2.75, 3.05) is 7.11 Å². The van der Waals surface area contributed by atoms with E-state index >= 15 is 0 Å². The summed E-state index contributed by atoms with van der Waals surface area (Å²) in [5, 5.41) is 1.22. The first-order valence-corrected chi connectivity index (χ1v) is 6.42. The van der Waals surface area contributed by atoms with E-state index in [1.807, 2.05) is 6.07 Å². The summed E-state index contributed by atoms with van der Waals surface area (Å²) in [4.78, 5) is 3.47. The number of fused-ring (bicyclic) bond motifs is 1. The summed E-state index contributed by atoms with van der Waals surface area (Å²) in [7, 11) is 1.72. The molecule has 0 unspecified atom stereocenters. The van der Waals surface area contributed by atoms with E-state index < -0.39 is 0 Å². The van der Waals surface area contributed by atoms with Crippen molar-refractivity contribution in [3.8, 4) is 17.0 Å². The van der Waals surface area contributed by atoms with Crippen LogP contribution in [0.4, 0.5) is 0 Å². The maximum atomic E-state index is 5.54. The molecule has 1 heterocycles. The molecule has 2 heteroatoms. The number of benzene rings is 2. The van der Waals surface area contributed by atoms with Crippen molar-refractivity contribution in [3.63, 3.8) is 0 Å². The Balaban J connectivity index is 2.26. The highest BCUT2D eigenvalue weighted by Crippen LogP contribution is 2.35. The molecule has 96 valence electrons. The Morgan fingerprint density at radius 2 is 1.79 bits per heavy atom. The monoisotopic (exact) mass is 251 g/mol. The zero-order valence-corrected chi connectivity index (χ0v) is 11.4. The highest BCUT2D eigenvalue weighted by atomic mass is 16.5. The van der Waals surface area contributed by atoms with Gasteiger partial charge in [-0.1, -0.05) is 24.3 Å². The average Bonchev–Trinajstić information content (AvgIpc) is 2.80. The maximum Gasteiger partial charge on any atom is 0.128 e. The molecular formula is C17H17NO. The fraction of sp³-hybridized carbons (Fsp3) is 0.176. The number of aromatic amines is 1. The van der Waals surface area contributed by atoms with E-state index in [0.717, 1.165) is 22.5 Å². The Morgan fingerprint density at radius 3 is 2.53 bits per heavy atom. The minimum absolute atomic E-state index is 0.920. The number of H-pyrrole nitrogens is 1. The van der Waals surface area contributed by atoms with Gasteiger partial charge in [-0.25, -0.2) is 0 Å². The average molecular weight is 251 g/mol. The number of hydrogen-bond acceptors (Lipinski definition) is 1. The van der Waals surface area contributed by atoms with Crippen LogP contribution in [-0.2, 0) is 0 Å². The minimum Gasteiger partial charge on any atom is -0.496 e. The minimum atomic E-state index is 0.920. The number of nitrogens with one attached hydrogen (secondary N) is 1. The van der Waals surface area contributed by atoms with Crippen LogP contribution in [0.2, 0.25) is 0 Å². The molecule has 2 nitrogen and oxygen atoms in total. The van der Waals surface area contributed by atoms with Gasteiger partial charge >= 0.3 is 0 Å². The van der Waals surface area contributed by atoms with Crippen LogP contribution < -0.4 is 4.74 Å². The van der Waals surface area contributed by atoms with Gasteiger partial charge in [-0.2, -0.15) is 0 Å². The quantitative estimate of drug-likeness (QED) is 0.714. The van der Waals surface area contributed by atoms with Crippen molar-refractivity contribution in [1.29, 1.82) is 0 Å². The summed E-state index contributed by atoms with van der Waals surface area (Å²) in [6.45, 7) is 4.21. The van der Waals surface area contributed by atoms with Crippen molar-refractivity contribution in [3.05, 3.63) is 53.6 Å². The van der Waals surface area contributed by atoms with Crippen molar-refractivity contribution in [2.45, 2.75) is 13.8 Å². The van der Waals surface area contributed by atoms with Crippen molar-refractivity contribution in [2.24, 2.45) is 0 Å². The molecule has 0 fully saturated rings. The van der Waals surface area contributed by atoms with E-state index in [2.05, 4.69) is 55.2 Å². The van der Waals surface area contributed by atoms with E-state index in [9.17, 15) is 0 Å². The summed E-state index contributed by atoms with van der Waals surface area (Å²) in [5.74, 6) is 0.920. The molecule has 3 aromatic rings. The molecule has 1 aromatic heterocycles. The van der Waals surface area contributed by atoms with Gasteiger partial charge in [0.15, 0.2) is 0 Å². The molecule has 0 radical (unpaired) electrons. The molecule has 0 bridgehead atoms. The predicted octanol–water partition coefficient (Wildman–Crippen LogP) is 4.46. The van der Waals surface area contributed by atoms with Gasteiger partial charge in [-0.3, -0.25) is 0 Å². The number of rotatable bonds is 2. The Morgan fingerprint density at radius 1 is 1.00 bits per heavy atom. The van der Waals surface area contributed by atoms with Crippen LogP contribution in [0.25, 0.3) is 22.2 Å². The molecule has 1 N–H and O–H groups in total. The normalized spacial score (nSPS) is 10.9. The summed E-state index contributed by atoms with van der Waals surface area (Å²) >= 11 is 0. The summed E-state index contributed by atoms with van der Waals surface area (Å²) in [6, 6.07) is 14.7. The Bertz CT molecular complexity index is 707. The first-order chi connectivity index (χ1) is 9.19. The second-order valence-electron chi connectivity index (χ2n) is 4.93. The lowest BCUT2D eigenvalue weighted by Crippen LogP contribution is -1.92. The van der Waals surface area contributed by atoms with Gasteiger partial charge < -0.3 is 9.72 Å². The van der Waals surface area contributed by atoms with Crippen LogP contribution in [0.1, 0.15) is 11.1 Å². The number of hydrogen-bond donors (Lipinski definition) is 1. The molecule has 0 aliphatic carbocycles. The van der Waals surface area contributed by atoms with Crippen molar-refractivity contribution < 1.29 is 4.74 Å². The lowest BCUT2D eigenvalue weighted by Gasteiger charge is -2.11. The molecule has 0 aliphatic heterocycles. The highest BCUT2D eigenvalue weighted by Gasteiger charge is 2.12. The molecule has 0 saturated carbocycles. The van der Waals surface area contributed by atoms with Gasteiger partial charge in [0.25, 0.3) is 0 Å². The third kappa shape index (κ3) is 1.99. The lowest BCUT2D eigenvalue weighted by atomic mass is 10.0. The zero-order chi connectivity index (χ0) is 13.4. The molecule has 2 aromatic carbocycles. The van der Waals surface area contributed by atoms with E-state index in [4.69, 9.17) is 4.74 Å². The maximum absolute atomic E-state index is 5.54. The fourth-order valence-corrected chi connectivity index (χ4v) is 2.64. The number of methoxy groups -OCH3 is 1. The van der Waals surface area contributed by atoms with Gasteiger partial charge in [0.05, 0.1) is 12.8 Å². The number of ether oxygens (including phenoxy) is 1. The third-order valence-corrected chi connectivity index (χ3v) is 3.46. The van der Waals surface area contributed by atoms with Gasteiger partial charge in [0.2, 0.25) is 0 Å². The topological polar surface area (TPSA) is 25.0 Å². The highest BCUT2D eigenvalue weighted by molar-refractivity contribution is 5.87. The molecule has 0 saturated heterocycles. The van der Waals surface area contributed by atoms with E-state index in [1.165, 1.54) is 16.5 Å². The van der Waals surface area contributed by atoms with Crippen LogP contribution >= 0.6 is 0 Å². The smallest absolute Gasteiger partial charge is 0.128 e. The van der Waals surface area contributed by atoms with Crippen LogP contribution in [0.15, 0.2) is 42.5 Å². The Hall–Kier alpha value is -2.22. The van der Waals surface area contributed by atoms with Crippen LogP contribution in [0.3, 0.4) is 0 Å². The Kier molecular flexibility index (Phi) is 2.79. The van der Waals surface area contributed by atoms with E-state index in [0.29, 0.717) is 0 Å². The standard InChI is InChI=1S/C17H17NO/c1-11-8-12(2)17(16(9-11)19-3)15-10-13-6-4-5-7-14(13)18-15/h4-10,18H,1-3H3. The van der Waals surface area contributed by atoms with Crippen LogP contribution in [0.5, 0.6) is 5.75 Å². The molecule has 3 rings (SSSR count). The number of para-hydroxylation sites is 1. The third-order valence-electron chi connectivity index (χ3n) is 3.46. The van der Waals surface area contributed by atoms with E-state index in [-0.39, 0.29) is 0 Å². The van der Waals surface area contributed by atoms with Crippen LogP contribution in [0, 0.1) is 13.8 Å². The molecular weight excluding hydrogens is 234 g/mol. The van der Waals surface area contributed by atoms with Gasteiger partial charge in [0.1, 0.15) is 5.75 Å². The first kappa shape index (κ1) is 11.8. The summed E-state index contributed by atoms with van der Waals surface area (Å²) in [5.41, 5.74) is 5.84. The molecule has 0 spiro atoms. The summed E-state index contributed by atoms with van der Waals surface area (Å²) < 4.78 is 5.54. The molecule has 0 aliphatic rings. The van der Waals surface area contributed by atoms with Crippen molar-refractivity contribution >= 4 is 10.9 Å². The largest absolute Gasteiger partial charge is 0.496 e. The molecule has 0 amide bonds. The lowest BCUT2D eigenvalue weighted by molar-refractivity contribution is 0.415. The zero-order valence-electron chi connectivity index (χ0n) is 11.4. The second kappa shape index (κ2) is 4.47. The second-order valence-corrected chi connectivity index (χ2v) is 4.93. The molecule has 0 atom stereocenters. The molecule has 19 heavy (non-hydrogen) atoms. The Labute approximate surface area is 113 Å². The predicted molar refractivity (Wildman–Crippen MR) is 79.8 cm³/mol. The SMILES string of the molecule is COc1cc(C)cc(C)c1-c1cc2ccccc2[nH]1. The van der Waals surface area contributed by atoms with Crippen molar-refractivity contribution in [1.82, 2.24) is 4.98 Å². The first-order valence-electron chi connectivity index (χ1n) is 6.42. The van der Waals surface area contributed by atoms with Crippen LogP contribution in [-0.4, -0.2) is 12.1 Å². The number of aryl methyl sites for hydroxylation is 2. The fourth-order valence-electron chi connectivity index (χ4n) is 2.64. The van der Waals surface area contributed by atoms with Gasteiger partial charge in [-0.05, 0) is 43.2 Å².